The second-order valence-corrected chi connectivity index (χ2v) is 4.08. The summed E-state index contributed by atoms with van der Waals surface area (Å²) in [6.45, 7) is 3.05. The van der Waals surface area contributed by atoms with E-state index in [1.165, 1.54) is 0 Å². The number of carbonyl (C=O) groups is 1. The number of terminal acetylenes is 1. The normalized spacial score (nSPS) is 9.67. The first-order valence-corrected chi connectivity index (χ1v) is 5.55. The van der Waals surface area contributed by atoms with Crippen LogP contribution in [0.15, 0.2) is 16.7 Å². The fourth-order valence-corrected chi connectivity index (χ4v) is 1.64. The zero-order valence-electron chi connectivity index (χ0n) is 8.59. The van der Waals surface area contributed by atoms with Crippen LogP contribution in [0.5, 0.6) is 0 Å². The summed E-state index contributed by atoms with van der Waals surface area (Å²) in [5.74, 6) is 2.43. The van der Waals surface area contributed by atoms with Gasteiger partial charge in [-0.2, -0.15) is 0 Å². The highest BCUT2D eigenvalue weighted by molar-refractivity contribution is 9.10. The summed E-state index contributed by atoms with van der Waals surface area (Å²) >= 11 is 3.29. The van der Waals surface area contributed by atoms with Gasteiger partial charge < -0.3 is 9.88 Å². The molecule has 0 aliphatic rings. The van der Waals surface area contributed by atoms with E-state index >= 15 is 0 Å². The van der Waals surface area contributed by atoms with Gasteiger partial charge >= 0.3 is 0 Å². The third kappa shape index (κ3) is 3.14. The maximum Gasteiger partial charge on any atom is 0.271 e. The zero-order chi connectivity index (χ0) is 11.3. The van der Waals surface area contributed by atoms with Crippen molar-refractivity contribution < 1.29 is 4.79 Å². The van der Waals surface area contributed by atoms with E-state index < -0.39 is 0 Å². The molecule has 0 aromatic carbocycles. The third-order valence-corrected chi connectivity index (χ3v) is 2.40. The second-order valence-electron chi connectivity index (χ2n) is 3.16. The topological polar surface area (TPSA) is 36.1 Å². The van der Waals surface area contributed by atoms with Crippen molar-refractivity contribution in [3.05, 3.63) is 22.4 Å². The molecule has 4 heteroatoms. The van der Waals surface area contributed by atoms with Crippen molar-refractivity contribution in [1.29, 1.82) is 0 Å². The number of carbonyl (C=O) groups excluding carboxylic acids is 1. The highest BCUT2D eigenvalue weighted by Crippen LogP contribution is 2.12. The molecule has 0 radical (unpaired) electrons. The molecule has 15 heavy (non-hydrogen) atoms. The van der Waals surface area contributed by atoms with Crippen LogP contribution in [-0.2, 0) is 0 Å². The van der Waals surface area contributed by atoms with Crippen LogP contribution in [0.2, 0.25) is 0 Å². The molecule has 1 heterocycles. The highest BCUT2D eigenvalue weighted by Gasteiger charge is 2.15. The average Bonchev–Trinajstić information content (AvgIpc) is 2.63. The second kappa shape index (κ2) is 5.62. The number of amides is 1. The molecule has 0 aliphatic carbocycles. The van der Waals surface area contributed by atoms with Gasteiger partial charge in [0.15, 0.2) is 0 Å². The highest BCUT2D eigenvalue weighted by atomic mass is 79.9. The smallest absolute Gasteiger partial charge is 0.271 e. The van der Waals surface area contributed by atoms with E-state index in [1.54, 1.807) is 17.2 Å². The van der Waals surface area contributed by atoms with Gasteiger partial charge in [-0.05, 0) is 28.4 Å². The maximum atomic E-state index is 11.9. The molecule has 1 amide bonds. The molecule has 0 saturated carbocycles. The van der Waals surface area contributed by atoms with E-state index in [1.807, 2.05) is 6.92 Å². The van der Waals surface area contributed by atoms with Gasteiger partial charge in [0.05, 0.1) is 6.54 Å². The van der Waals surface area contributed by atoms with Crippen molar-refractivity contribution in [3.63, 3.8) is 0 Å². The van der Waals surface area contributed by atoms with E-state index in [4.69, 9.17) is 6.42 Å². The van der Waals surface area contributed by atoms with Gasteiger partial charge in [-0.3, -0.25) is 4.79 Å². The number of rotatable bonds is 4. The number of H-pyrrole nitrogens is 1. The van der Waals surface area contributed by atoms with Gasteiger partial charge in [-0.25, -0.2) is 0 Å². The summed E-state index contributed by atoms with van der Waals surface area (Å²) in [5.41, 5.74) is 0.561. The monoisotopic (exact) mass is 268 g/mol. The molecule has 3 nitrogen and oxygen atoms in total. The molecular formula is C11H13BrN2O. The Bertz CT molecular complexity index is 378. The Balaban J connectivity index is 2.76. The minimum Gasteiger partial charge on any atom is -0.356 e. The average molecular weight is 269 g/mol. The standard InChI is InChI=1S/C11H13BrN2O/c1-3-5-14(6-4-2)11(15)10-7-9(12)8-13-10/h1,7-8,13H,4-6H2,2H3. The third-order valence-electron chi connectivity index (χ3n) is 1.94. The number of halogens is 1. The molecule has 0 atom stereocenters. The molecule has 1 N–H and O–H groups in total. The summed E-state index contributed by atoms with van der Waals surface area (Å²) in [6, 6.07) is 1.75. The lowest BCUT2D eigenvalue weighted by Crippen LogP contribution is -2.32. The maximum absolute atomic E-state index is 11.9. The largest absolute Gasteiger partial charge is 0.356 e. The summed E-state index contributed by atoms with van der Waals surface area (Å²) in [4.78, 5) is 16.5. The minimum absolute atomic E-state index is 0.0551. The SMILES string of the molecule is C#CCN(CCC)C(=O)c1cc(Br)c[nH]1. The summed E-state index contributed by atoms with van der Waals surface area (Å²) in [5, 5.41) is 0. The van der Waals surface area contributed by atoms with Crippen molar-refractivity contribution >= 4 is 21.8 Å². The van der Waals surface area contributed by atoms with Crippen LogP contribution in [0.4, 0.5) is 0 Å². The van der Waals surface area contributed by atoms with Crippen molar-refractivity contribution in [2.24, 2.45) is 0 Å². The Labute approximate surface area is 98.0 Å². The molecule has 80 valence electrons. The molecular weight excluding hydrogens is 256 g/mol. The van der Waals surface area contributed by atoms with Crippen molar-refractivity contribution in [3.8, 4) is 12.3 Å². The molecule has 0 spiro atoms. The van der Waals surface area contributed by atoms with Gasteiger partial charge in [0.2, 0.25) is 0 Å². The Morgan fingerprint density at radius 2 is 2.47 bits per heavy atom. The quantitative estimate of drug-likeness (QED) is 0.836. The molecule has 1 aromatic heterocycles. The Morgan fingerprint density at radius 1 is 1.73 bits per heavy atom. The molecule has 0 bridgehead atoms. The van der Waals surface area contributed by atoms with Gasteiger partial charge in [-0.15, -0.1) is 6.42 Å². The summed E-state index contributed by atoms with van der Waals surface area (Å²) in [6.07, 6.45) is 7.84. The van der Waals surface area contributed by atoms with E-state index in [2.05, 4.69) is 26.8 Å². The van der Waals surface area contributed by atoms with Crippen molar-refractivity contribution in [2.75, 3.05) is 13.1 Å². The van der Waals surface area contributed by atoms with Crippen molar-refractivity contribution in [1.82, 2.24) is 9.88 Å². The van der Waals surface area contributed by atoms with E-state index in [0.717, 1.165) is 10.9 Å². The zero-order valence-corrected chi connectivity index (χ0v) is 10.2. The lowest BCUT2D eigenvalue weighted by Gasteiger charge is -2.18. The van der Waals surface area contributed by atoms with Crippen LogP contribution in [0.1, 0.15) is 23.8 Å². The first kappa shape index (κ1) is 11.9. The number of aromatic nitrogens is 1. The molecule has 0 aliphatic heterocycles. The first-order chi connectivity index (χ1) is 7.19. The molecule has 1 aromatic rings. The number of hydrogen-bond acceptors (Lipinski definition) is 1. The molecule has 0 saturated heterocycles. The lowest BCUT2D eigenvalue weighted by atomic mass is 10.3. The lowest BCUT2D eigenvalue weighted by molar-refractivity contribution is 0.0772. The van der Waals surface area contributed by atoms with Crippen LogP contribution in [0.25, 0.3) is 0 Å². The molecule has 0 fully saturated rings. The van der Waals surface area contributed by atoms with Crippen LogP contribution in [-0.4, -0.2) is 28.9 Å². The van der Waals surface area contributed by atoms with E-state index in [9.17, 15) is 4.79 Å². The van der Waals surface area contributed by atoms with Gasteiger partial charge in [0.25, 0.3) is 5.91 Å². The van der Waals surface area contributed by atoms with E-state index in [-0.39, 0.29) is 5.91 Å². The van der Waals surface area contributed by atoms with Gasteiger partial charge in [-0.1, -0.05) is 12.8 Å². The van der Waals surface area contributed by atoms with Crippen molar-refractivity contribution in [2.45, 2.75) is 13.3 Å². The van der Waals surface area contributed by atoms with Crippen LogP contribution < -0.4 is 0 Å². The van der Waals surface area contributed by atoms with Gasteiger partial charge in [0, 0.05) is 17.2 Å². The van der Waals surface area contributed by atoms with Crippen LogP contribution in [0.3, 0.4) is 0 Å². The van der Waals surface area contributed by atoms with Crippen LogP contribution in [0, 0.1) is 12.3 Å². The number of hydrogen-bond donors (Lipinski definition) is 1. The predicted octanol–water partition coefficient (Wildman–Crippen LogP) is 2.26. The minimum atomic E-state index is -0.0551. The van der Waals surface area contributed by atoms with Crippen LogP contribution >= 0.6 is 15.9 Å². The first-order valence-electron chi connectivity index (χ1n) is 4.75. The van der Waals surface area contributed by atoms with Gasteiger partial charge in [0.1, 0.15) is 5.69 Å². The Hall–Kier alpha value is -1.21. The van der Waals surface area contributed by atoms with E-state index in [0.29, 0.717) is 18.8 Å². The summed E-state index contributed by atoms with van der Waals surface area (Å²) in [7, 11) is 0. The number of nitrogens with one attached hydrogen (secondary N) is 1. The Kier molecular flexibility index (Phi) is 4.44. The fraction of sp³-hybridized carbons (Fsp3) is 0.364. The molecule has 0 unspecified atom stereocenters. The fourth-order valence-electron chi connectivity index (χ4n) is 1.29. The number of nitrogens with zero attached hydrogens (tertiary/aromatic N) is 1. The summed E-state index contributed by atoms with van der Waals surface area (Å²) < 4.78 is 0.864. The molecule has 1 rings (SSSR count). The number of aromatic amines is 1. The predicted molar refractivity (Wildman–Crippen MR) is 63.5 cm³/mol. The Morgan fingerprint density at radius 3 is 2.93 bits per heavy atom.